The second kappa shape index (κ2) is 5.23. The molecule has 0 radical (unpaired) electrons. The van der Waals surface area contributed by atoms with Crippen molar-refractivity contribution in [2.24, 2.45) is 11.8 Å². The number of carbonyl (C=O) groups excluding carboxylic acids is 3. The van der Waals surface area contributed by atoms with Gasteiger partial charge in [-0.25, -0.2) is 0 Å². The Hall–Kier alpha value is -2.09. The fourth-order valence-corrected chi connectivity index (χ4v) is 4.17. The number of allylic oxidation sites excluding steroid dienone is 2. The molecule has 3 amide bonds. The third-order valence-electron chi connectivity index (χ3n) is 4.90. The van der Waals surface area contributed by atoms with Gasteiger partial charge in [0.05, 0.1) is 23.6 Å². The third kappa shape index (κ3) is 2.12. The summed E-state index contributed by atoms with van der Waals surface area (Å²) >= 11 is 1.08. The Bertz CT molecular complexity index is 696. The van der Waals surface area contributed by atoms with Gasteiger partial charge in [0.15, 0.2) is 0 Å². The number of carbonyl (C=O) groups is 3. The second-order valence-corrected chi connectivity index (χ2v) is 7.01. The van der Waals surface area contributed by atoms with E-state index < -0.39 is 0 Å². The summed E-state index contributed by atoms with van der Waals surface area (Å²) in [5.41, 5.74) is 0.619. The van der Waals surface area contributed by atoms with Crippen molar-refractivity contribution in [3.8, 4) is 0 Å². The summed E-state index contributed by atoms with van der Waals surface area (Å²) in [6.45, 7) is 2.56. The van der Waals surface area contributed by atoms with Crippen LogP contribution in [-0.2, 0) is 9.59 Å². The fourth-order valence-electron chi connectivity index (χ4n) is 3.54. The van der Waals surface area contributed by atoms with Crippen LogP contribution >= 0.6 is 11.5 Å². The van der Waals surface area contributed by atoms with Crippen molar-refractivity contribution >= 4 is 29.3 Å². The summed E-state index contributed by atoms with van der Waals surface area (Å²) in [5.74, 6) is -0.670. The molecule has 1 aliphatic carbocycles. The van der Waals surface area contributed by atoms with Crippen molar-refractivity contribution < 1.29 is 14.4 Å². The van der Waals surface area contributed by atoms with E-state index in [4.69, 9.17) is 0 Å². The number of aryl methyl sites for hydroxylation is 1. The van der Waals surface area contributed by atoms with Gasteiger partial charge in [-0.1, -0.05) is 16.6 Å². The smallest absolute Gasteiger partial charge is 0.267 e. The summed E-state index contributed by atoms with van der Waals surface area (Å²) in [6.07, 6.45) is 5.25. The molecule has 2 saturated heterocycles. The van der Waals surface area contributed by atoms with Crippen LogP contribution in [0.1, 0.15) is 28.2 Å². The highest BCUT2D eigenvalue weighted by molar-refractivity contribution is 7.07. The molecular weight excluding hydrogens is 316 g/mol. The van der Waals surface area contributed by atoms with Crippen LogP contribution in [0.15, 0.2) is 12.2 Å². The van der Waals surface area contributed by atoms with Gasteiger partial charge in [-0.3, -0.25) is 19.3 Å². The van der Waals surface area contributed by atoms with E-state index in [0.29, 0.717) is 36.5 Å². The summed E-state index contributed by atoms with van der Waals surface area (Å²) in [4.78, 5) is 40.9. The highest BCUT2D eigenvalue weighted by Crippen LogP contribution is 2.37. The van der Waals surface area contributed by atoms with Crippen LogP contribution in [0.2, 0.25) is 0 Å². The molecule has 0 N–H and O–H groups in total. The Morgan fingerprint density at radius 2 is 1.78 bits per heavy atom. The average Bonchev–Trinajstić information content (AvgIpc) is 3.03. The number of aromatic nitrogens is 2. The zero-order valence-corrected chi connectivity index (χ0v) is 13.5. The molecule has 2 aliphatic heterocycles. The number of fused-ring (bicyclic) bond motifs is 1. The van der Waals surface area contributed by atoms with E-state index in [1.165, 1.54) is 4.90 Å². The van der Waals surface area contributed by atoms with Gasteiger partial charge in [-0.15, -0.1) is 5.10 Å². The van der Waals surface area contributed by atoms with Crippen LogP contribution in [0, 0.1) is 18.8 Å². The highest BCUT2D eigenvalue weighted by Gasteiger charge is 2.52. The van der Waals surface area contributed by atoms with Crippen molar-refractivity contribution in [3.05, 3.63) is 22.7 Å². The minimum atomic E-state index is -0.204. The summed E-state index contributed by atoms with van der Waals surface area (Å²) < 4.78 is 3.77. The van der Waals surface area contributed by atoms with E-state index in [1.807, 2.05) is 12.2 Å². The van der Waals surface area contributed by atoms with Crippen molar-refractivity contribution in [1.29, 1.82) is 0 Å². The molecule has 3 heterocycles. The van der Waals surface area contributed by atoms with Gasteiger partial charge in [0.1, 0.15) is 4.88 Å². The third-order valence-corrected chi connectivity index (χ3v) is 5.72. The SMILES string of the molecule is Cc1nnsc1C(=O)N1CC(N2C(=O)[C@H]3CC=CC[C@H]3C2=O)C1. The van der Waals surface area contributed by atoms with E-state index in [1.54, 1.807) is 11.8 Å². The topological polar surface area (TPSA) is 83.5 Å². The largest absolute Gasteiger partial charge is 0.334 e. The first-order chi connectivity index (χ1) is 11.1. The number of nitrogens with zero attached hydrogens (tertiary/aromatic N) is 4. The summed E-state index contributed by atoms with van der Waals surface area (Å²) in [6, 6.07) is -0.189. The minimum Gasteiger partial charge on any atom is -0.334 e. The van der Waals surface area contributed by atoms with Gasteiger partial charge in [-0.05, 0) is 31.3 Å². The van der Waals surface area contributed by atoms with Crippen molar-refractivity contribution in [1.82, 2.24) is 19.4 Å². The Balaban J connectivity index is 1.44. The van der Waals surface area contributed by atoms with E-state index in [0.717, 1.165) is 11.5 Å². The zero-order valence-electron chi connectivity index (χ0n) is 12.6. The number of amides is 3. The second-order valence-electron chi connectivity index (χ2n) is 6.25. The average molecular weight is 332 g/mol. The van der Waals surface area contributed by atoms with Crippen LogP contribution in [0.4, 0.5) is 0 Å². The van der Waals surface area contributed by atoms with E-state index in [9.17, 15) is 14.4 Å². The van der Waals surface area contributed by atoms with Gasteiger partial charge in [0.25, 0.3) is 5.91 Å². The van der Waals surface area contributed by atoms with E-state index in [-0.39, 0.29) is 35.6 Å². The monoisotopic (exact) mass is 332 g/mol. The molecule has 2 atom stereocenters. The van der Waals surface area contributed by atoms with Crippen LogP contribution in [-0.4, -0.2) is 56.2 Å². The molecule has 7 nitrogen and oxygen atoms in total. The molecule has 2 fully saturated rings. The molecule has 0 aromatic carbocycles. The maximum atomic E-state index is 12.5. The molecule has 0 spiro atoms. The molecular formula is C15H16N4O3S. The maximum Gasteiger partial charge on any atom is 0.267 e. The Morgan fingerprint density at radius 3 is 2.30 bits per heavy atom. The molecule has 0 saturated carbocycles. The van der Waals surface area contributed by atoms with Gasteiger partial charge in [0, 0.05) is 13.1 Å². The Kier molecular flexibility index (Phi) is 3.29. The summed E-state index contributed by atoms with van der Waals surface area (Å²) in [7, 11) is 0. The standard InChI is InChI=1S/C15H16N4O3S/c1-8-12(23-17-16-8)15(22)18-6-9(7-18)19-13(20)10-4-2-3-5-11(10)14(19)21/h2-3,9-11H,4-7H2,1H3/t10-,11+. The molecule has 3 aliphatic rings. The first kappa shape index (κ1) is 14.5. The lowest BCUT2D eigenvalue weighted by atomic mass is 9.85. The summed E-state index contributed by atoms with van der Waals surface area (Å²) in [5, 5.41) is 3.84. The lowest BCUT2D eigenvalue weighted by Crippen LogP contribution is -2.62. The normalized spacial score (nSPS) is 27.3. The molecule has 23 heavy (non-hydrogen) atoms. The molecule has 4 rings (SSSR count). The quantitative estimate of drug-likeness (QED) is 0.586. The van der Waals surface area contributed by atoms with Crippen LogP contribution in [0.3, 0.4) is 0 Å². The first-order valence-corrected chi connectivity index (χ1v) is 8.45. The van der Waals surface area contributed by atoms with Gasteiger partial charge in [0.2, 0.25) is 11.8 Å². The van der Waals surface area contributed by atoms with Crippen LogP contribution in [0.25, 0.3) is 0 Å². The van der Waals surface area contributed by atoms with Crippen LogP contribution < -0.4 is 0 Å². The highest BCUT2D eigenvalue weighted by atomic mass is 32.1. The van der Waals surface area contributed by atoms with Gasteiger partial charge < -0.3 is 4.90 Å². The lowest BCUT2D eigenvalue weighted by Gasteiger charge is -2.42. The molecule has 0 unspecified atom stereocenters. The number of hydrogen-bond acceptors (Lipinski definition) is 6. The maximum absolute atomic E-state index is 12.5. The molecule has 8 heteroatoms. The Morgan fingerprint density at radius 1 is 1.17 bits per heavy atom. The fraction of sp³-hybridized carbons (Fsp3) is 0.533. The predicted octanol–water partition coefficient (Wildman–Crippen LogP) is 0.622. The molecule has 1 aromatic rings. The molecule has 120 valence electrons. The van der Waals surface area contributed by atoms with Gasteiger partial charge in [-0.2, -0.15) is 0 Å². The molecule has 1 aromatic heterocycles. The van der Waals surface area contributed by atoms with E-state index >= 15 is 0 Å². The molecule has 0 bridgehead atoms. The predicted molar refractivity (Wildman–Crippen MR) is 81.5 cm³/mol. The number of rotatable bonds is 2. The zero-order chi connectivity index (χ0) is 16.1. The van der Waals surface area contributed by atoms with E-state index in [2.05, 4.69) is 9.59 Å². The van der Waals surface area contributed by atoms with Crippen LogP contribution in [0.5, 0.6) is 0 Å². The van der Waals surface area contributed by atoms with Gasteiger partial charge >= 0.3 is 0 Å². The van der Waals surface area contributed by atoms with Crippen molar-refractivity contribution in [2.75, 3.05) is 13.1 Å². The van der Waals surface area contributed by atoms with Crippen molar-refractivity contribution in [3.63, 3.8) is 0 Å². The first-order valence-electron chi connectivity index (χ1n) is 7.68. The number of imide groups is 1. The number of hydrogen-bond donors (Lipinski definition) is 0. The Labute approximate surface area is 137 Å². The number of likely N-dealkylation sites (tertiary alicyclic amines) is 2. The lowest BCUT2D eigenvalue weighted by molar-refractivity contribution is -0.145. The van der Waals surface area contributed by atoms with Crippen molar-refractivity contribution in [2.45, 2.75) is 25.8 Å². The minimum absolute atomic E-state index is 0.0721.